The van der Waals surface area contributed by atoms with Crippen LogP contribution in [-0.4, -0.2) is 40.4 Å². The fourth-order valence-electron chi connectivity index (χ4n) is 4.95. The van der Waals surface area contributed by atoms with Crippen LogP contribution in [0.5, 0.6) is 5.75 Å². The number of nitrogens with zero attached hydrogens (tertiary/aromatic N) is 2. The number of amides is 1. The molecule has 1 aromatic heterocycles. The first-order valence-electron chi connectivity index (χ1n) is 10.8. The Labute approximate surface area is 181 Å². The van der Waals surface area contributed by atoms with Crippen LogP contribution in [0.25, 0.3) is 11.0 Å². The van der Waals surface area contributed by atoms with Crippen LogP contribution in [0.4, 0.5) is 0 Å². The van der Waals surface area contributed by atoms with Crippen LogP contribution in [0.3, 0.4) is 0 Å². The Hall–Kier alpha value is -3.15. The molecule has 0 radical (unpaired) electrons. The molecule has 31 heavy (non-hydrogen) atoms. The normalized spacial score (nSPS) is 17.6. The van der Waals surface area contributed by atoms with Crippen molar-refractivity contribution in [3.8, 4) is 5.75 Å². The number of carbonyl (C=O) groups is 2. The maximum atomic E-state index is 13.0. The molecule has 0 aliphatic carbocycles. The first-order chi connectivity index (χ1) is 14.8. The van der Waals surface area contributed by atoms with E-state index < -0.39 is 5.60 Å². The van der Waals surface area contributed by atoms with Crippen molar-refractivity contribution in [3.05, 3.63) is 58.3 Å². The molecule has 6 nitrogen and oxygen atoms in total. The number of hydrogen-bond donors (Lipinski definition) is 0. The number of aromatic nitrogens is 1. The van der Waals surface area contributed by atoms with Gasteiger partial charge in [-0.15, -0.1) is 0 Å². The van der Waals surface area contributed by atoms with E-state index in [9.17, 15) is 9.59 Å². The molecule has 2 aliphatic rings. The summed E-state index contributed by atoms with van der Waals surface area (Å²) >= 11 is 0. The monoisotopic (exact) mass is 418 g/mol. The number of carbonyl (C=O) groups excluding carboxylic acids is 2. The van der Waals surface area contributed by atoms with Gasteiger partial charge in [-0.3, -0.25) is 9.59 Å². The summed E-state index contributed by atoms with van der Waals surface area (Å²) in [6.07, 6.45) is 1.88. The van der Waals surface area contributed by atoms with Crippen molar-refractivity contribution in [1.82, 2.24) is 10.1 Å². The summed E-state index contributed by atoms with van der Waals surface area (Å²) in [6.45, 7) is 7.15. The maximum Gasteiger partial charge on any atom is 0.228 e. The van der Waals surface area contributed by atoms with Crippen molar-refractivity contribution in [2.45, 2.75) is 52.1 Å². The Balaban J connectivity index is 1.28. The number of hydrogen-bond acceptors (Lipinski definition) is 5. The first kappa shape index (κ1) is 19.8. The number of piperidine rings is 1. The first-order valence-corrected chi connectivity index (χ1v) is 10.8. The number of rotatable bonds is 2. The van der Waals surface area contributed by atoms with E-state index in [2.05, 4.69) is 11.2 Å². The van der Waals surface area contributed by atoms with E-state index in [1.165, 1.54) is 0 Å². The lowest BCUT2D eigenvalue weighted by Gasteiger charge is -2.44. The summed E-state index contributed by atoms with van der Waals surface area (Å²) in [4.78, 5) is 27.6. The highest BCUT2D eigenvalue weighted by molar-refractivity contribution is 6.00. The van der Waals surface area contributed by atoms with Crippen LogP contribution in [0.15, 0.2) is 34.9 Å². The highest BCUT2D eigenvalue weighted by atomic mass is 16.5. The predicted octanol–water partition coefficient (Wildman–Crippen LogP) is 4.32. The third-order valence-corrected chi connectivity index (χ3v) is 6.58. The number of likely N-dealkylation sites (tertiary alicyclic amines) is 1. The van der Waals surface area contributed by atoms with Crippen molar-refractivity contribution < 1.29 is 18.8 Å². The van der Waals surface area contributed by atoms with Crippen LogP contribution in [0.2, 0.25) is 0 Å². The lowest BCUT2D eigenvalue weighted by Crippen LogP contribution is -2.52. The van der Waals surface area contributed by atoms with Crippen molar-refractivity contribution in [2.24, 2.45) is 0 Å². The number of Topliss-reactive ketones (excluding diaryl/α,β-unsaturated/α-hetero) is 1. The molecule has 2 aromatic carbocycles. The fourth-order valence-corrected chi connectivity index (χ4v) is 4.95. The van der Waals surface area contributed by atoms with Crippen molar-refractivity contribution in [3.63, 3.8) is 0 Å². The summed E-state index contributed by atoms with van der Waals surface area (Å²) in [5.41, 5.74) is 4.81. The molecule has 3 heterocycles. The van der Waals surface area contributed by atoms with Gasteiger partial charge in [0.15, 0.2) is 11.4 Å². The third kappa shape index (κ3) is 3.50. The van der Waals surface area contributed by atoms with Crippen LogP contribution in [0.1, 0.15) is 52.0 Å². The molecule has 0 saturated carbocycles. The number of benzene rings is 2. The number of ketones is 1. The van der Waals surface area contributed by atoms with Crippen LogP contribution < -0.4 is 4.74 Å². The Bertz CT molecular complexity index is 1200. The van der Waals surface area contributed by atoms with Gasteiger partial charge in [-0.05, 0) is 50.1 Å². The third-order valence-electron chi connectivity index (χ3n) is 6.58. The van der Waals surface area contributed by atoms with Crippen molar-refractivity contribution in [1.29, 1.82) is 0 Å². The van der Waals surface area contributed by atoms with Gasteiger partial charge < -0.3 is 14.2 Å². The van der Waals surface area contributed by atoms with E-state index >= 15 is 0 Å². The Kier molecular flexibility index (Phi) is 4.61. The second kappa shape index (κ2) is 7.22. The minimum atomic E-state index is -0.509. The zero-order chi connectivity index (χ0) is 21.8. The molecule has 5 rings (SSSR count). The Morgan fingerprint density at radius 2 is 1.87 bits per heavy atom. The summed E-state index contributed by atoms with van der Waals surface area (Å²) in [5, 5.41) is 5.10. The summed E-state index contributed by atoms with van der Waals surface area (Å²) in [7, 11) is 0. The topological polar surface area (TPSA) is 72.6 Å². The maximum absolute atomic E-state index is 13.0. The molecule has 6 heteroatoms. The van der Waals surface area contributed by atoms with Gasteiger partial charge in [0, 0.05) is 31.3 Å². The molecule has 0 atom stereocenters. The molecule has 0 unspecified atom stereocenters. The van der Waals surface area contributed by atoms with Gasteiger partial charge in [-0.2, -0.15) is 0 Å². The van der Waals surface area contributed by atoms with E-state index in [0.29, 0.717) is 49.4 Å². The van der Waals surface area contributed by atoms with Gasteiger partial charge in [0.25, 0.3) is 0 Å². The molecule has 1 saturated heterocycles. The van der Waals surface area contributed by atoms with E-state index in [1.807, 2.05) is 49.9 Å². The van der Waals surface area contributed by atoms with E-state index in [1.54, 1.807) is 0 Å². The summed E-state index contributed by atoms with van der Waals surface area (Å²) < 4.78 is 11.8. The van der Waals surface area contributed by atoms with Crippen molar-refractivity contribution in [2.75, 3.05) is 13.1 Å². The second-order valence-corrected chi connectivity index (χ2v) is 9.03. The summed E-state index contributed by atoms with van der Waals surface area (Å²) in [6, 6.07) is 9.78. The molecule has 160 valence electrons. The molecule has 1 spiro atoms. The van der Waals surface area contributed by atoms with Gasteiger partial charge in [-0.1, -0.05) is 22.9 Å². The summed E-state index contributed by atoms with van der Waals surface area (Å²) in [5.74, 6) is 0.828. The molecule has 0 N–H and O–H groups in total. The lowest BCUT2D eigenvalue weighted by atomic mass is 9.82. The number of ether oxygens (including phenoxy) is 1. The van der Waals surface area contributed by atoms with E-state index in [0.717, 1.165) is 27.7 Å². The van der Waals surface area contributed by atoms with Crippen LogP contribution >= 0.6 is 0 Å². The van der Waals surface area contributed by atoms with Gasteiger partial charge in [0.1, 0.15) is 17.0 Å². The van der Waals surface area contributed by atoms with E-state index in [4.69, 9.17) is 9.26 Å². The van der Waals surface area contributed by atoms with Gasteiger partial charge in [-0.25, -0.2) is 0 Å². The minimum absolute atomic E-state index is 0.0307. The zero-order valence-electron chi connectivity index (χ0n) is 18.2. The zero-order valence-corrected chi connectivity index (χ0v) is 18.2. The molecular formula is C25H26N2O4. The molecule has 0 bridgehead atoms. The Morgan fingerprint density at radius 1 is 1.10 bits per heavy atom. The largest absolute Gasteiger partial charge is 0.486 e. The van der Waals surface area contributed by atoms with Gasteiger partial charge >= 0.3 is 0 Å². The minimum Gasteiger partial charge on any atom is -0.486 e. The highest BCUT2D eigenvalue weighted by Gasteiger charge is 2.43. The molecule has 1 amide bonds. The average Bonchev–Trinajstić information content (AvgIpc) is 3.12. The van der Waals surface area contributed by atoms with Crippen LogP contribution in [0, 0.1) is 20.8 Å². The van der Waals surface area contributed by atoms with Crippen molar-refractivity contribution >= 4 is 22.7 Å². The number of fused-ring (bicyclic) bond motifs is 2. The highest BCUT2D eigenvalue weighted by Crippen LogP contribution is 2.39. The Morgan fingerprint density at radius 3 is 2.65 bits per heavy atom. The fraction of sp³-hybridized carbons (Fsp3) is 0.400. The quantitative estimate of drug-likeness (QED) is 0.620. The lowest BCUT2D eigenvalue weighted by molar-refractivity contribution is -0.134. The standard InChI is InChI=1S/C25H26N2O4/c1-15-4-5-21-18(11-15)20(28)14-25(30-21)6-8-27(9-7-25)23(29)13-19-24-17(3)10-16(2)12-22(24)31-26-19/h4-5,10-12H,6-9,13-14H2,1-3H3. The number of aryl methyl sites for hydroxylation is 3. The average molecular weight is 418 g/mol. The molecular weight excluding hydrogens is 392 g/mol. The van der Waals surface area contributed by atoms with Crippen LogP contribution in [-0.2, 0) is 11.2 Å². The molecule has 1 fully saturated rings. The smallest absolute Gasteiger partial charge is 0.228 e. The van der Waals surface area contributed by atoms with Gasteiger partial charge in [0.2, 0.25) is 5.91 Å². The predicted molar refractivity (Wildman–Crippen MR) is 116 cm³/mol. The SMILES string of the molecule is Cc1ccc2c(c1)C(=O)CC1(CCN(C(=O)Cc3noc4cc(C)cc(C)c34)CC1)O2. The molecule has 2 aliphatic heterocycles. The van der Waals surface area contributed by atoms with Gasteiger partial charge in [0.05, 0.1) is 18.4 Å². The second-order valence-electron chi connectivity index (χ2n) is 9.03. The van der Waals surface area contributed by atoms with E-state index in [-0.39, 0.29) is 18.1 Å². The molecule has 3 aromatic rings.